The van der Waals surface area contributed by atoms with Gasteiger partial charge in [-0.3, -0.25) is 19.3 Å². The molecule has 0 saturated carbocycles. The molecule has 0 heterocycles. The number of rotatable bonds is 11. The van der Waals surface area contributed by atoms with Gasteiger partial charge >= 0.3 is 0 Å². The number of carbonyl (C=O) groups excluding carboxylic acids is 2. The van der Waals surface area contributed by atoms with Crippen molar-refractivity contribution in [3.8, 4) is 0 Å². The van der Waals surface area contributed by atoms with Gasteiger partial charge in [0.05, 0.1) is 19.6 Å². The van der Waals surface area contributed by atoms with Crippen LogP contribution in [-0.2, 0) is 40.1 Å². The van der Waals surface area contributed by atoms with Crippen LogP contribution >= 0.6 is 17.1 Å². The Morgan fingerprint density at radius 1 is 1.14 bits per heavy atom. The lowest BCUT2D eigenvalue weighted by Gasteiger charge is -2.22. The molecule has 0 aromatic carbocycles. The molecule has 2 N–H and O–H groups in total. The van der Waals surface area contributed by atoms with Crippen LogP contribution in [0, 0.1) is 0 Å². The number of hydrogen-bond acceptors (Lipinski definition) is 8. The molecule has 0 aromatic rings. The van der Waals surface area contributed by atoms with Gasteiger partial charge in [0.25, 0.3) is 5.91 Å². The van der Waals surface area contributed by atoms with Crippen LogP contribution < -0.4 is 11.0 Å². The summed E-state index contributed by atoms with van der Waals surface area (Å²) in [5, 5.41) is -0.817. The number of carbonyl (C=O) groups is 2. The molecule has 0 aliphatic heterocycles. The third kappa shape index (κ3) is 8.72. The monoisotopic (exact) mass is 360 g/mol. The highest BCUT2D eigenvalue weighted by Crippen LogP contribution is 2.61. The lowest BCUT2D eigenvalue weighted by molar-refractivity contribution is -0.138. The standard InChI is InChI=1S/C10H21N2O6PS2/c1-5-17-11-9(13)7-8(10(14)12-18-6-2)21-19(20,15-3)16-4/h8H,5-7H2,1-4H3,(H,11,13)(H,12,14)/t8-/m0/s1. The third-order valence-electron chi connectivity index (χ3n) is 2.01. The lowest BCUT2D eigenvalue weighted by atomic mass is 10.3. The van der Waals surface area contributed by atoms with E-state index in [0.717, 1.165) is 11.4 Å². The molecular formula is C10H21N2O6PS2. The molecule has 0 rings (SSSR count). The molecule has 0 aromatic heterocycles. The highest BCUT2D eigenvalue weighted by Gasteiger charge is 2.31. The second-order valence-electron chi connectivity index (χ2n) is 3.47. The lowest BCUT2D eigenvalue weighted by Crippen LogP contribution is -2.37. The van der Waals surface area contributed by atoms with E-state index in [-0.39, 0.29) is 6.42 Å². The van der Waals surface area contributed by atoms with E-state index in [9.17, 15) is 9.59 Å². The van der Waals surface area contributed by atoms with E-state index in [2.05, 4.69) is 11.0 Å². The quantitative estimate of drug-likeness (QED) is 0.418. The fraction of sp³-hybridized carbons (Fsp3) is 0.800. The molecule has 0 radical (unpaired) electrons. The predicted molar refractivity (Wildman–Crippen MR) is 83.8 cm³/mol. The molecular weight excluding hydrogens is 339 g/mol. The van der Waals surface area contributed by atoms with E-state index < -0.39 is 22.8 Å². The van der Waals surface area contributed by atoms with Crippen molar-refractivity contribution in [2.45, 2.75) is 25.5 Å². The van der Waals surface area contributed by atoms with E-state index in [1.54, 1.807) is 13.8 Å². The summed E-state index contributed by atoms with van der Waals surface area (Å²) in [6.45, 7) is 4.07. The van der Waals surface area contributed by atoms with Gasteiger partial charge in [-0.25, -0.2) is 11.0 Å². The summed E-state index contributed by atoms with van der Waals surface area (Å²) in [6.07, 6.45) is -0.144. The molecule has 0 bridgehead atoms. The zero-order valence-electron chi connectivity index (χ0n) is 12.4. The van der Waals surface area contributed by atoms with Crippen molar-refractivity contribution in [1.29, 1.82) is 0 Å². The van der Waals surface area contributed by atoms with Crippen LogP contribution in [0.5, 0.6) is 0 Å². The molecule has 2 amide bonds. The first-order valence-corrected chi connectivity index (χ1v) is 10.3. The Labute approximate surface area is 133 Å². The van der Waals surface area contributed by atoms with Crippen molar-refractivity contribution in [2.24, 2.45) is 0 Å². The summed E-state index contributed by atoms with van der Waals surface area (Å²) in [5.41, 5.74) is 1.77. The first kappa shape index (κ1) is 20.8. The SMILES string of the molecule is CCONC(=O)C[C@H](SP(=S)(OC)OC)C(=O)NOCC. The highest BCUT2D eigenvalue weighted by molar-refractivity contribution is 8.68. The van der Waals surface area contributed by atoms with Crippen LogP contribution in [0.4, 0.5) is 0 Å². The summed E-state index contributed by atoms with van der Waals surface area (Å²) >= 11 is 6.18. The van der Waals surface area contributed by atoms with Crippen LogP contribution in [0.1, 0.15) is 20.3 Å². The van der Waals surface area contributed by atoms with Gasteiger partial charge in [-0.2, -0.15) is 0 Å². The Balaban J connectivity index is 4.79. The average Bonchev–Trinajstić information content (AvgIpc) is 2.49. The average molecular weight is 360 g/mol. The topological polar surface area (TPSA) is 95.1 Å². The molecule has 0 spiro atoms. The van der Waals surface area contributed by atoms with Crippen LogP contribution in [0.15, 0.2) is 0 Å². The maximum Gasteiger partial charge on any atom is 0.257 e. The molecule has 1 atom stereocenters. The van der Waals surface area contributed by atoms with E-state index >= 15 is 0 Å². The van der Waals surface area contributed by atoms with Crippen LogP contribution in [0.2, 0.25) is 0 Å². The second kappa shape index (κ2) is 11.4. The third-order valence-corrected chi connectivity index (χ3v) is 7.90. The van der Waals surface area contributed by atoms with Crippen LogP contribution in [0.25, 0.3) is 0 Å². The fourth-order valence-electron chi connectivity index (χ4n) is 1.07. The number of hydrogen-bond donors (Lipinski definition) is 2. The van der Waals surface area contributed by atoms with E-state index in [1.165, 1.54) is 14.2 Å². The van der Waals surface area contributed by atoms with Gasteiger partial charge in [-0.15, -0.1) is 0 Å². The molecule has 0 unspecified atom stereocenters. The normalized spacial score (nSPS) is 12.8. The van der Waals surface area contributed by atoms with Gasteiger partial charge in [-0.05, 0) is 25.7 Å². The zero-order valence-corrected chi connectivity index (χ0v) is 14.9. The maximum absolute atomic E-state index is 12.0. The van der Waals surface area contributed by atoms with Crippen molar-refractivity contribution in [1.82, 2.24) is 11.0 Å². The minimum atomic E-state index is -2.69. The summed E-state index contributed by atoms with van der Waals surface area (Å²) in [4.78, 5) is 33.3. The molecule has 11 heteroatoms. The number of hydroxylamine groups is 2. The minimum absolute atomic E-state index is 0.144. The van der Waals surface area contributed by atoms with E-state index in [4.69, 9.17) is 30.5 Å². The zero-order chi connectivity index (χ0) is 16.3. The van der Waals surface area contributed by atoms with Crippen molar-refractivity contribution in [2.75, 3.05) is 27.4 Å². The molecule has 0 saturated heterocycles. The Morgan fingerprint density at radius 3 is 2.14 bits per heavy atom. The second-order valence-corrected chi connectivity index (χ2v) is 10.1. The first-order valence-electron chi connectivity index (χ1n) is 6.14. The molecule has 0 aliphatic carbocycles. The molecule has 0 aliphatic rings. The van der Waals surface area contributed by atoms with Gasteiger partial charge < -0.3 is 9.05 Å². The fourth-order valence-corrected chi connectivity index (χ4v) is 4.97. The smallest absolute Gasteiger partial charge is 0.257 e. The van der Waals surface area contributed by atoms with Gasteiger partial charge in [0.15, 0.2) is 0 Å². The van der Waals surface area contributed by atoms with E-state index in [0.29, 0.717) is 13.2 Å². The highest BCUT2D eigenvalue weighted by atomic mass is 32.9. The Kier molecular flexibility index (Phi) is 11.2. The van der Waals surface area contributed by atoms with Crippen molar-refractivity contribution < 1.29 is 28.3 Å². The molecule has 8 nitrogen and oxygen atoms in total. The van der Waals surface area contributed by atoms with Crippen LogP contribution in [-0.4, -0.2) is 44.5 Å². The van der Waals surface area contributed by atoms with Gasteiger partial charge in [-0.1, -0.05) is 11.4 Å². The summed E-state index contributed by atoms with van der Waals surface area (Å²) in [7, 11) is 2.80. The number of amides is 2. The largest absolute Gasteiger partial charge is 0.325 e. The van der Waals surface area contributed by atoms with Crippen molar-refractivity contribution in [3.63, 3.8) is 0 Å². The minimum Gasteiger partial charge on any atom is -0.325 e. The molecule has 0 fully saturated rings. The molecule has 21 heavy (non-hydrogen) atoms. The molecule has 124 valence electrons. The predicted octanol–water partition coefficient (Wildman–Crippen LogP) is 1.13. The van der Waals surface area contributed by atoms with E-state index in [1.807, 2.05) is 0 Å². The van der Waals surface area contributed by atoms with Crippen molar-refractivity contribution >= 4 is 40.7 Å². The van der Waals surface area contributed by atoms with Crippen molar-refractivity contribution in [3.05, 3.63) is 0 Å². The Bertz CT molecular complexity index is 377. The summed E-state index contributed by atoms with van der Waals surface area (Å²) in [5.74, 6) is -0.938. The Morgan fingerprint density at radius 2 is 1.67 bits per heavy atom. The van der Waals surface area contributed by atoms with Gasteiger partial charge in [0.1, 0.15) is 5.25 Å². The number of nitrogens with one attached hydrogen (secondary N) is 2. The van der Waals surface area contributed by atoms with Crippen LogP contribution in [0.3, 0.4) is 0 Å². The Hall–Kier alpha value is -0.220. The van der Waals surface area contributed by atoms with Gasteiger partial charge in [0, 0.05) is 14.2 Å². The summed E-state index contributed by atoms with van der Waals surface area (Å²) in [6, 6.07) is 0. The summed E-state index contributed by atoms with van der Waals surface area (Å²) < 4.78 is 10.2. The van der Waals surface area contributed by atoms with Gasteiger partial charge in [0.2, 0.25) is 11.6 Å². The maximum atomic E-state index is 12.0. The first-order chi connectivity index (χ1) is 9.92.